The first-order valence-corrected chi connectivity index (χ1v) is 10.0. The molecule has 2 amide bonds. The van der Waals surface area contributed by atoms with Gasteiger partial charge in [0.25, 0.3) is 0 Å². The Morgan fingerprint density at radius 3 is 2.23 bits per heavy atom. The van der Waals surface area contributed by atoms with Crippen LogP contribution in [0.25, 0.3) is 0 Å². The molecule has 2 rings (SSSR count). The van der Waals surface area contributed by atoms with Crippen molar-refractivity contribution in [3.63, 3.8) is 0 Å². The zero-order chi connectivity index (χ0) is 22.5. The molecule has 2 aromatic rings. The average Bonchev–Trinajstić information content (AvgIpc) is 2.65. The summed E-state index contributed by atoms with van der Waals surface area (Å²) in [4.78, 5) is 13.2. The first-order chi connectivity index (χ1) is 13.9. The number of ether oxygens (including phenoxy) is 1. The van der Waals surface area contributed by atoms with Gasteiger partial charge in [0.05, 0.1) is 17.0 Å². The van der Waals surface area contributed by atoms with Gasteiger partial charge >= 0.3 is 12.2 Å². The SMILES string of the molecule is CN(C[C@@H](O)COc1ccc(C(F)(F)F)cc1)C(=O)Nc1ccc(S(N)(=O)=O)cc1. The molecule has 0 aliphatic heterocycles. The molecular weight excluding hydrogens is 427 g/mol. The Balaban J connectivity index is 1.83. The van der Waals surface area contributed by atoms with Gasteiger partial charge in [0.1, 0.15) is 18.5 Å². The molecular formula is C18H20F3N3O5S. The minimum atomic E-state index is -4.45. The van der Waals surface area contributed by atoms with E-state index in [0.29, 0.717) is 5.69 Å². The van der Waals surface area contributed by atoms with E-state index in [1.807, 2.05) is 0 Å². The number of amides is 2. The maximum atomic E-state index is 12.5. The van der Waals surface area contributed by atoms with Gasteiger partial charge in [0, 0.05) is 12.7 Å². The van der Waals surface area contributed by atoms with Crippen LogP contribution < -0.4 is 15.2 Å². The Morgan fingerprint density at radius 2 is 1.73 bits per heavy atom. The molecule has 0 saturated heterocycles. The van der Waals surface area contributed by atoms with Gasteiger partial charge in [-0.25, -0.2) is 18.4 Å². The molecule has 0 radical (unpaired) electrons. The first kappa shape index (κ1) is 23.4. The summed E-state index contributed by atoms with van der Waals surface area (Å²) in [5.41, 5.74) is -0.501. The number of nitrogens with one attached hydrogen (secondary N) is 1. The number of anilines is 1. The van der Waals surface area contributed by atoms with Crippen molar-refractivity contribution in [1.82, 2.24) is 4.90 Å². The number of aliphatic hydroxyl groups excluding tert-OH is 1. The Kier molecular flexibility index (Phi) is 7.29. The van der Waals surface area contributed by atoms with Gasteiger partial charge < -0.3 is 20.1 Å². The molecule has 0 aliphatic rings. The number of urea groups is 1. The molecule has 30 heavy (non-hydrogen) atoms. The zero-order valence-electron chi connectivity index (χ0n) is 15.8. The predicted molar refractivity (Wildman–Crippen MR) is 102 cm³/mol. The predicted octanol–water partition coefficient (Wildman–Crippen LogP) is 2.26. The van der Waals surface area contributed by atoms with Gasteiger partial charge in [0.2, 0.25) is 10.0 Å². The van der Waals surface area contributed by atoms with Crippen LogP contribution in [-0.4, -0.2) is 50.8 Å². The van der Waals surface area contributed by atoms with E-state index in [1.165, 1.54) is 31.3 Å². The summed E-state index contributed by atoms with van der Waals surface area (Å²) in [6, 6.07) is 8.60. The lowest BCUT2D eigenvalue weighted by Gasteiger charge is -2.21. The third-order valence-corrected chi connectivity index (χ3v) is 4.82. The highest BCUT2D eigenvalue weighted by molar-refractivity contribution is 7.89. The van der Waals surface area contributed by atoms with Gasteiger partial charge in [-0.05, 0) is 48.5 Å². The Bertz CT molecular complexity index is 964. The number of hydrogen-bond donors (Lipinski definition) is 3. The molecule has 0 saturated carbocycles. The molecule has 0 heterocycles. The van der Waals surface area contributed by atoms with E-state index < -0.39 is 33.9 Å². The molecule has 0 unspecified atom stereocenters. The monoisotopic (exact) mass is 447 g/mol. The van der Waals surface area contributed by atoms with Crippen LogP contribution in [0, 0.1) is 0 Å². The molecule has 0 spiro atoms. The molecule has 0 bridgehead atoms. The molecule has 0 aliphatic carbocycles. The number of alkyl halides is 3. The molecule has 8 nitrogen and oxygen atoms in total. The van der Waals surface area contributed by atoms with Gasteiger partial charge in [-0.2, -0.15) is 13.2 Å². The van der Waals surface area contributed by atoms with E-state index in [1.54, 1.807) is 0 Å². The molecule has 164 valence electrons. The van der Waals surface area contributed by atoms with Crippen molar-refractivity contribution in [3.8, 4) is 5.75 Å². The summed E-state index contributed by atoms with van der Waals surface area (Å²) < 4.78 is 65.2. The van der Waals surface area contributed by atoms with Gasteiger partial charge in [-0.15, -0.1) is 0 Å². The van der Waals surface area contributed by atoms with Crippen LogP contribution in [0.5, 0.6) is 5.75 Å². The average molecular weight is 447 g/mol. The lowest BCUT2D eigenvalue weighted by Crippen LogP contribution is -2.39. The smallest absolute Gasteiger partial charge is 0.416 e. The van der Waals surface area contributed by atoms with Crippen LogP contribution >= 0.6 is 0 Å². The van der Waals surface area contributed by atoms with Crippen molar-refractivity contribution in [2.45, 2.75) is 17.2 Å². The lowest BCUT2D eigenvalue weighted by atomic mass is 10.2. The van der Waals surface area contributed by atoms with Crippen LogP contribution in [-0.2, 0) is 16.2 Å². The fraction of sp³-hybridized carbons (Fsp3) is 0.278. The lowest BCUT2D eigenvalue weighted by molar-refractivity contribution is -0.137. The van der Waals surface area contributed by atoms with E-state index in [2.05, 4.69) is 5.32 Å². The van der Waals surface area contributed by atoms with E-state index in [-0.39, 0.29) is 23.8 Å². The number of aliphatic hydroxyl groups is 1. The fourth-order valence-electron chi connectivity index (χ4n) is 2.33. The van der Waals surface area contributed by atoms with Crippen molar-refractivity contribution in [3.05, 3.63) is 54.1 Å². The van der Waals surface area contributed by atoms with Crippen LogP contribution in [0.4, 0.5) is 23.7 Å². The zero-order valence-corrected chi connectivity index (χ0v) is 16.6. The highest BCUT2D eigenvalue weighted by Crippen LogP contribution is 2.30. The van der Waals surface area contributed by atoms with Crippen molar-refractivity contribution >= 4 is 21.7 Å². The number of nitrogens with two attached hydrogens (primary N) is 1. The number of halogens is 3. The quantitative estimate of drug-likeness (QED) is 0.601. The topological polar surface area (TPSA) is 122 Å². The second-order valence-electron chi connectivity index (χ2n) is 6.37. The summed E-state index contributed by atoms with van der Waals surface area (Å²) >= 11 is 0. The summed E-state index contributed by atoms with van der Waals surface area (Å²) in [6.07, 6.45) is -5.56. The van der Waals surface area contributed by atoms with E-state index >= 15 is 0 Å². The summed E-state index contributed by atoms with van der Waals surface area (Å²) in [6.45, 7) is -0.367. The number of rotatable bonds is 7. The molecule has 0 fully saturated rings. The molecule has 1 atom stereocenters. The Labute approximate surface area is 171 Å². The third-order valence-electron chi connectivity index (χ3n) is 3.89. The number of carbonyl (C=O) groups is 1. The maximum absolute atomic E-state index is 12.5. The van der Waals surface area contributed by atoms with Crippen LogP contribution in [0.3, 0.4) is 0 Å². The molecule has 12 heteroatoms. The van der Waals surface area contributed by atoms with E-state index in [4.69, 9.17) is 9.88 Å². The number of primary sulfonamides is 1. The van der Waals surface area contributed by atoms with Crippen LogP contribution in [0.2, 0.25) is 0 Å². The highest BCUT2D eigenvalue weighted by Gasteiger charge is 2.30. The normalized spacial score (nSPS) is 12.9. The number of nitrogens with zero attached hydrogens (tertiary/aromatic N) is 1. The first-order valence-electron chi connectivity index (χ1n) is 8.49. The summed E-state index contributed by atoms with van der Waals surface area (Å²) in [5.74, 6) is 0.143. The number of likely N-dealkylation sites (N-methyl/N-ethyl adjacent to an activating group) is 1. The second-order valence-corrected chi connectivity index (χ2v) is 7.93. The van der Waals surface area contributed by atoms with Gasteiger partial charge in [-0.3, -0.25) is 0 Å². The molecule has 2 aromatic carbocycles. The van der Waals surface area contributed by atoms with E-state index in [0.717, 1.165) is 29.2 Å². The van der Waals surface area contributed by atoms with Gasteiger partial charge in [0.15, 0.2) is 0 Å². The molecule has 4 N–H and O–H groups in total. The Morgan fingerprint density at radius 1 is 1.17 bits per heavy atom. The van der Waals surface area contributed by atoms with Crippen molar-refractivity contribution in [2.75, 3.05) is 25.5 Å². The fourth-order valence-corrected chi connectivity index (χ4v) is 2.85. The van der Waals surface area contributed by atoms with Gasteiger partial charge in [-0.1, -0.05) is 0 Å². The minimum absolute atomic E-state index is 0.107. The molecule has 0 aromatic heterocycles. The minimum Gasteiger partial charge on any atom is -0.491 e. The van der Waals surface area contributed by atoms with Crippen molar-refractivity contribution in [2.24, 2.45) is 5.14 Å². The summed E-state index contributed by atoms with van der Waals surface area (Å²) in [5, 5.41) is 17.5. The summed E-state index contributed by atoms with van der Waals surface area (Å²) in [7, 11) is -2.43. The van der Waals surface area contributed by atoms with E-state index in [9.17, 15) is 31.5 Å². The van der Waals surface area contributed by atoms with Crippen LogP contribution in [0.15, 0.2) is 53.4 Å². The third kappa shape index (κ3) is 6.90. The second kappa shape index (κ2) is 9.32. The number of carbonyl (C=O) groups excluding carboxylic acids is 1. The number of sulfonamides is 1. The highest BCUT2D eigenvalue weighted by atomic mass is 32.2. The Hall–Kier alpha value is -2.83. The van der Waals surface area contributed by atoms with Crippen molar-refractivity contribution in [1.29, 1.82) is 0 Å². The maximum Gasteiger partial charge on any atom is 0.416 e. The van der Waals surface area contributed by atoms with Crippen molar-refractivity contribution < 1.29 is 36.2 Å². The standard InChI is InChI=1S/C18H20F3N3O5S/c1-24(17(26)23-13-4-8-16(9-5-13)30(22,27)28)10-14(25)11-29-15-6-2-12(3-7-15)18(19,20)21/h2-9,14,25H,10-11H2,1H3,(H,23,26)(H2,22,27,28)/t14-/m1/s1. The number of hydrogen-bond acceptors (Lipinski definition) is 5. The largest absolute Gasteiger partial charge is 0.491 e. The van der Waals surface area contributed by atoms with Crippen LogP contribution in [0.1, 0.15) is 5.56 Å². The number of benzene rings is 2.